The molecule has 2 N–H and O–H groups in total. The zero-order valence-corrected chi connectivity index (χ0v) is 13.1. The van der Waals surface area contributed by atoms with Crippen LogP contribution in [0.5, 0.6) is 6.01 Å². The molecule has 2 aromatic rings. The van der Waals surface area contributed by atoms with Gasteiger partial charge in [0.1, 0.15) is 0 Å². The van der Waals surface area contributed by atoms with Gasteiger partial charge in [-0.15, -0.1) is 0 Å². The van der Waals surface area contributed by atoms with Gasteiger partial charge >= 0.3 is 6.01 Å². The van der Waals surface area contributed by atoms with Crippen molar-refractivity contribution in [1.82, 2.24) is 15.0 Å². The number of aromatic nitrogens is 3. The predicted octanol–water partition coefficient (Wildman–Crippen LogP) is 2.86. The smallest absolute Gasteiger partial charge is 0.322 e. The van der Waals surface area contributed by atoms with Crippen molar-refractivity contribution in [3.8, 4) is 6.01 Å². The van der Waals surface area contributed by atoms with Crippen LogP contribution in [0.25, 0.3) is 0 Å². The third-order valence-corrected chi connectivity index (χ3v) is 3.27. The highest BCUT2D eigenvalue weighted by molar-refractivity contribution is 9.10. The van der Waals surface area contributed by atoms with E-state index >= 15 is 0 Å². The fraction of sp³-hybridized carbons (Fsp3) is 0.308. The second-order valence-corrected chi connectivity index (χ2v) is 5.05. The molecule has 6 nitrogen and oxygen atoms in total. The van der Waals surface area contributed by atoms with Crippen LogP contribution in [0.1, 0.15) is 18.5 Å². The van der Waals surface area contributed by atoms with E-state index in [1.165, 1.54) is 7.11 Å². The maximum absolute atomic E-state index is 5.05. The van der Waals surface area contributed by atoms with Crippen LogP contribution in [-0.4, -0.2) is 29.1 Å². The molecule has 7 heteroatoms. The lowest BCUT2D eigenvalue weighted by molar-refractivity contribution is 0.379. The van der Waals surface area contributed by atoms with E-state index in [9.17, 15) is 0 Å². The van der Waals surface area contributed by atoms with Crippen LogP contribution >= 0.6 is 15.9 Å². The molecule has 0 saturated heterocycles. The topological polar surface area (TPSA) is 72.0 Å². The number of methoxy groups -OCH3 is 1. The molecule has 20 heavy (non-hydrogen) atoms. The fourth-order valence-corrected chi connectivity index (χ4v) is 1.92. The molecule has 0 radical (unpaired) electrons. The van der Waals surface area contributed by atoms with E-state index in [2.05, 4.69) is 41.5 Å². The lowest BCUT2D eigenvalue weighted by Crippen LogP contribution is -2.12. The first-order valence-corrected chi connectivity index (χ1v) is 6.91. The normalized spacial score (nSPS) is 11.8. The van der Waals surface area contributed by atoms with E-state index in [-0.39, 0.29) is 12.1 Å². The van der Waals surface area contributed by atoms with Crippen molar-refractivity contribution in [1.29, 1.82) is 0 Å². The van der Waals surface area contributed by atoms with Crippen LogP contribution in [0.15, 0.2) is 28.7 Å². The van der Waals surface area contributed by atoms with Gasteiger partial charge < -0.3 is 15.4 Å². The minimum atomic E-state index is 0.0694. The van der Waals surface area contributed by atoms with Gasteiger partial charge in [-0.25, -0.2) is 0 Å². The van der Waals surface area contributed by atoms with Gasteiger partial charge in [0, 0.05) is 11.5 Å². The molecule has 0 aliphatic carbocycles. The molecule has 0 amide bonds. The number of benzene rings is 1. The Kier molecular flexibility index (Phi) is 4.73. The van der Waals surface area contributed by atoms with Crippen molar-refractivity contribution in [3.63, 3.8) is 0 Å². The van der Waals surface area contributed by atoms with Gasteiger partial charge in [-0.3, -0.25) is 0 Å². The van der Waals surface area contributed by atoms with E-state index in [1.54, 1.807) is 7.05 Å². The summed E-state index contributed by atoms with van der Waals surface area (Å²) < 4.78 is 6.10. The SMILES string of the molecule is CNc1nc(NC(C)c2ccc(Br)cc2)nc(OC)n1. The van der Waals surface area contributed by atoms with Crippen LogP contribution in [0.3, 0.4) is 0 Å². The molecule has 1 heterocycles. The van der Waals surface area contributed by atoms with Gasteiger partial charge in [-0.05, 0) is 24.6 Å². The van der Waals surface area contributed by atoms with Crippen molar-refractivity contribution in [2.45, 2.75) is 13.0 Å². The summed E-state index contributed by atoms with van der Waals surface area (Å²) in [6.45, 7) is 2.04. The summed E-state index contributed by atoms with van der Waals surface area (Å²) in [5.74, 6) is 0.930. The maximum Gasteiger partial charge on any atom is 0.322 e. The first-order chi connectivity index (χ1) is 9.62. The van der Waals surface area contributed by atoms with Crippen LogP contribution in [0.4, 0.5) is 11.9 Å². The van der Waals surface area contributed by atoms with Gasteiger partial charge in [0.05, 0.1) is 13.2 Å². The maximum atomic E-state index is 5.05. The molecule has 0 spiro atoms. The van der Waals surface area contributed by atoms with Crippen LogP contribution < -0.4 is 15.4 Å². The molecule has 1 aromatic heterocycles. The lowest BCUT2D eigenvalue weighted by atomic mass is 10.1. The molecular weight excluding hydrogens is 322 g/mol. The Labute approximate surface area is 126 Å². The number of rotatable bonds is 5. The Morgan fingerprint density at radius 3 is 2.35 bits per heavy atom. The standard InChI is InChI=1S/C13H16BrN5O/c1-8(9-4-6-10(14)7-5-9)16-12-17-11(15-2)18-13(19-12)20-3/h4-8H,1-3H3,(H2,15,16,17,18,19). The molecule has 0 saturated carbocycles. The highest BCUT2D eigenvalue weighted by atomic mass is 79.9. The number of nitrogens with zero attached hydrogens (tertiary/aromatic N) is 3. The zero-order chi connectivity index (χ0) is 14.5. The molecule has 106 valence electrons. The van der Waals surface area contributed by atoms with Gasteiger partial charge in [0.15, 0.2) is 0 Å². The predicted molar refractivity (Wildman–Crippen MR) is 82.1 cm³/mol. The number of halogens is 1. The zero-order valence-electron chi connectivity index (χ0n) is 11.5. The summed E-state index contributed by atoms with van der Waals surface area (Å²) in [6, 6.07) is 8.43. The van der Waals surface area contributed by atoms with E-state index in [1.807, 2.05) is 31.2 Å². The molecule has 1 unspecified atom stereocenters. The molecule has 2 rings (SSSR count). The van der Waals surface area contributed by atoms with Crippen LogP contribution in [0.2, 0.25) is 0 Å². The molecule has 0 aliphatic rings. The average Bonchev–Trinajstić information content (AvgIpc) is 2.47. The van der Waals surface area contributed by atoms with Gasteiger partial charge in [-0.2, -0.15) is 15.0 Å². The van der Waals surface area contributed by atoms with Gasteiger partial charge in [0.2, 0.25) is 11.9 Å². The summed E-state index contributed by atoms with van der Waals surface area (Å²) in [6.07, 6.45) is 0. The van der Waals surface area contributed by atoms with E-state index < -0.39 is 0 Å². The number of ether oxygens (including phenoxy) is 1. The molecular formula is C13H16BrN5O. The van der Waals surface area contributed by atoms with Crippen molar-refractivity contribution in [2.24, 2.45) is 0 Å². The molecule has 0 aliphatic heterocycles. The van der Waals surface area contributed by atoms with Gasteiger partial charge in [0.25, 0.3) is 0 Å². The summed E-state index contributed by atoms with van der Waals surface area (Å²) in [7, 11) is 3.27. The Bertz CT molecular complexity index is 553. The quantitative estimate of drug-likeness (QED) is 0.874. The number of hydrogen-bond donors (Lipinski definition) is 2. The second kappa shape index (κ2) is 6.51. The summed E-state index contributed by atoms with van der Waals surface area (Å²) >= 11 is 3.42. The van der Waals surface area contributed by atoms with Crippen molar-refractivity contribution in [2.75, 3.05) is 24.8 Å². The third kappa shape index (κ3) is 3.57. The molecule has 1 aromatic carbocycles. The number of hydrogen-bond acceptors (Lipinski definition) is 6. The Morgan fingerprint density at radius 1 is 1.10 bits per heavy atom. The van der Waals surface area contributed by atoms with Crippen LogP contribution in [0, 0.1) is 0 Å². The monoisotopic (exact) mass is 337 g/mol. The highest BCUT2D eigenvalue weighted by Gasteiger charge is 2.10. The summed E-state index contributed by atoms with van der Waals surface area (Å²) in [5, 5.41) is 6.10. The minimum Gasteiger partial charge on any atom is -0.467 e. The molecule has 1 atom stereocenters. The lowest BCUT2D eigenvalue weighted by Gasteiger charge is -2.15. The average molecular weight is 338 g/mol. The van der Waals surface area contributed by atoms with Crippen LogP contribution in [-0.2, 0) is 0 Å². The number of nitrogens with one attached hydrogen (secondary N) is 2. The minimum absolute atomic E-state index is 0.0694. The Balaban J connectivity index is 2.18. The Hall–Kier alpha value is -1.89. The number of anilines is 2. The largest absolute Gasteiger partial charge is 0.467 e. The van der Waals surface area contributed by atoms with Crippen molar-refractivity contribution in [3.05, 3.63) is 34.3 Å². The van der Waals surface area contributed by atoms with Crippen molar-refractivity contribution < 1.29 is 4.74 Å². The van der Waals surface area contributed by atoms with E-state index in [4.69, 9.17) is 4.74 Å². The van der Waals surface area contributed by atoms with Crippen molar-refractivity contribution >= 4 is 27.8 Å². The van der Waals surface area contributed by atoms with E-state index in [0.29, 0.717) is 11.9 Å². The second-order valence-electron chi connectivity index (χ2n) is 4.14. The molecule has 0 fully saturated rings. The van der Waals surface area contributed by atoms with Gasteiger partial charge in [-0.1, -0.05) is 28.1 Å². The fourth-order valence-electron chi connectivity index (χ4n) is 1.65. The third-order valence-electron chi connectivity index (χ3n) is 2.74. The van der Waals surface area contributed by atoms with E-state index in [0.717, 1.165) is 10.0 Å². The Morgan fingerprint density at radius 2 is 1.75 bits per heavy atom. The first-order valence-electron chi connectivity index (χ1n) is 6.12. The molecule has 0 bridgehead atoms. The summed E-state index contributed by atoms with van der Waals surface area (Å²) in [5.41, 5.74) is 1.14. The first kappa shape index (κ1) is 14.5. The summed E-state index contributed by atoms with van der Waals surface area (Å²) in [4.78, 5) is 12.5. The highest BCUT2D eigenvalue weighted by Crippen LogP contribution is 2.20.